The molecule has 3 saturated heterocycles. The summed E-state index contributed by atoms with van der Waals surface area (Å²) < 4.78 is 17.2. The third-order valence-electron chi connectivity index (χ3n) is 7.94. The molecule has 2 aromatic heterocycles. The number of pyridine rings is 1. The largest absolute Gasteiger partial charge is 0.486 e. The average Bonchev–Trinajstić information content (AvgIpc) is 3.45. The highest BCUT2D eigenvalue weighted by Crippen LogP contribution is 2.46. The molecule has 2 aromatic rings. The van der Waals surface area contributed by atoms with Crippen LogP contribution in [0.4, 0.5) is 16.4 Å². The molecule has 1 spiro atoms. The third-order valence-corrected chi connectivity index (χ3v) is 10.0. The van der Waals surface area contributed by atoms with Gasteiger partial charge in [0.1, 0.15) is 27.5 Å². The molecule has 0 bridgehead atoms. The maximum atomic E-state index is 11.2. The van der Waals surface area contributed by atoms with Crippen LogP contribution in [-0.2, 0) is 16.1 Å². The van der Waals surface area contributed by atoms with Crippen molar-refractivity contribution in [1.82, 2.24) is 15.0 Å². The van der Waals surface area contributed by atoms with E-state index < -0.39 is 6.09 Å². The van der Waals surface area contributed by atoms with Crippen LogP contribution in [0.15, 0.2) is 28.4 Å². The normalized spacial score (nSPS) is 27.7. The number of alkyl halides is 1. The van der Waals surface area contributed by atoms with E-state index in [4.69, 9.17) is 35.6 Å². The first kappa shape index (κ1) is 26.1. The quantitative estimate of drug-likeness (QED) is 0.316. The second kappa shape index (κ2) is 10.4. The molecule has 4 atom stereocenters. The van der Waals surface area contributed by atoms with Gasteiger partial charge in [-0.15, -0.1) is 0 Å². The smallest absolute Gasteiger partial charge is 0.404 e. The van der Waals surface area contributed by atoms with E-state index in [1.54, 1.807) is 12.4 Å². The van der Waals surface area contributed by atoms with Crippen LogP contribution in [0.5, 0.6) is 5.75 Å². The van der Waals surface area contributed by atoms with Crippen molar-refractivity contribution in [3.63, 3.8) is 0 Å². The van der Waals surface area contributed by atoms with E-state index in [1.807, 2.05) is 6.07 Å². The lowest BCUT2D eigenvalue weighted by atomic mass is 9.75. The van der Waals surface area contributed by atoms with Crippen molar-refractivity contribution in [3.05, 3.63) is 24.2 Å². The summed E-state index contributed by atoms with van der Waals surface area (Å²) in [5.41, 5.74) is 12.2. The van der Waals surface area contributed by atoms with Crippen LogP contribution in [0.2, 0.25) is 0 Å². The van der Waals surface area contributed by atoms with Gasteiger partial charge < -0.3 is 40.6 Å². The Labute approximate surface area is 237 Å². The lowest BCUT2D eigenvalue weighted by molar-refractivity contribution is 0.114. The van der Waals surface area contributed by atoms with Gasteiger partial charge in [-0.25, -0.2) is 19.7 Å². The number of amides is 1. The minimum atomic E-state index is -0.774. The van der Waals surface area contributed by atoms with Gasteiger partial charge in [0.05, 0.1) is 36.9 Å². The van der Waals surface area contributed by atoms with Gasteiger partial charge in [-0.2, -0.15) is 0 Å². The van der Waals surface area contributed by atoms with Crippen LogP contribution in [0.3, 0.4) is 0 Å². The molecule has 0 aromatic carbocycles. The lowest BCUT2D eigenvalue weighted by Crippen LogP contribution is -2.50. The maximum Gasteiger partial charge on any atom is 0.404 e. The van der Waals surface area contributed by atoms with Gasteiger partial charge in [-0.1, -0.05) is 11.8 Å². The Bertz CT molecular complexity index is 1220. The molecule has 0 unspecified atom stereocenters. The Balaban J connectivity index is 1.17. The van der Waals surface area contributed by atoms with Gasteiger partial charge in [0.2, 0.25) is 0 Å². The monoisotopic (exact) mass is 655 g/mol. The first-order valence-electron chi connectivity index (χ1n) is 12.6. The second-order valence-electron chi connectivity index (χ2n) is 10.1. The highest BCUT2D eigenvalue weighted by atomic mass is 127. The van der Waals surface area contributed by atoms with E-state index in [2.05, 4.69) is 37.4 Å². The number of aliphatic hydroxyl groups excluding tert-OH is 1. The SMILES string of the molecule is NC(=O)O[C@H]1C[C@H]2COc3c(Sc4cnc(N5CCC6(CC5)CO[C@@H](I)[C@H]6N)c(CO)n4)ccnc3N2C1. The Morgan fingerprint density at radius 1 is 1.32 bits per heavy atom. The molecule has 6 rings (SSSR count). The fraction of sp³-hybridized carbons (Fsp3) is 0.583. The van der Waals surface area contributed by atoms with Gasteiger partial charge >= 0.3 is 6.09 Å². The highest BCUT2D eigenvalue weighted by molar-refractivity contribution is 14.1. The average molecular weight is 656 g/mol. The number of primary amides is 1. The number of aromatic nitrogens is 3. The highest BCUT2D eigenvalue weighted by Gasteiger charge is 2.48. The number of hydrogen-bond donors (Lipinski definition) is 3. The van der Waals surface area contributed by atoms with E-state index in [1.165, 1.54) is 11.8 Å². The van der Waals surface area contributed by atoms with Crippen LogP contribution < -0.4 is 26.0 Å². The number of halogens is 1. The number of piperidine rings is 1. The first-order valence-corrected chi connectivity index (χ1v) is 14.7. The van der Waals surface area contributed by atoms with Gasteiger partial charge in [-0.3, -0.25) is 0 Å². The second-order valence-corrected chi connectivity index (χ2v) is 12.4. The molecule has 38 heavy (non-hydrogen) atoms. The summed E-state index contributed by atoms with van der Waals surface area (Å²) in [6.07, 6.45) is 4.87. The number of carbonyl (C=O) groups is 1. The Morgan fingerprint density at radius 2 is 2.13 bits per heavy atom. The molecular formula is C24H30IN7O5S. The van der Waals surface area contributed by atoms with Crippen LogP contribution in [0.25, 0.3) is 0 Å². The molecule has 12 nitrogen and oxygen atoms in total. The van der Waals surface area contributed by atoms with Crippen LogP contribution in [-0.4, -0.2) is 81.3 Å². The molecular weight excluding hydrogens is 625 g/mol. The van der Waals surface area contributed by atoms with E-state index in [9.17, 15) is 9.90 Å². The standard InChI is InChI=1S/C24H30IN7O5S/c25-20-19(26)24(12-36-20)2-5-31(6-3-24)21-15(10-33)30-17(8-29-21)38-16-1-4-28-22-18(16)35-11-13-7-14(9-32(13)22)37-23(27)34/h1,4,8,13-14,19-20,33H,2-3,5-7,9-12,26H2,(H2,27,34)/t13-,14-,19+,20+/m0/s1. The van der Waals surface area contributed by atoms with Crippen LogP contribution >= 0.6 is 34.4 Å². The zero-order valence-corrected chi connectivity index (χ0v) is 23.6. The molecule has 5 N–H and O–H groups in total. The number of rotatable bonds is 5. The lowest BCUT2D eigenvalue weighted by Gasteiger charge is -2.41. The zero-order valence-electron chi connectivity index (χ0n) is 20.7. The molecule has 6 heterocycles. The summed E-state index contributed by atoms with van der Waals surface area (Å²) in [5.74, 6) is 2.08. The number of nitrogens with zero attached hydrogens (tertiary/aromatic N) is 5. The van der Waals surface area contributed by atoms with Crippen LogP contribution in [0.1, 0.15) is 25.0 Å². The van der Waals surface area contributed by atoms with Crippen molar-refractivity contribution in [2.45, 2.75) is 58.1 Å². The molecule has 4 aliphatic heterocycles. The fourth-order valence-electron chi connectivity index (χ4n) is 5.86. The van der Waals surface area contributed by atoms with Crippen LogP contribution in [0, 0.1) is 5.41 Å². The topological polar surface area (TPSA) is 162 Å². The Hall–Kier alpha value is -2.14. The van der Waals surface area contributed by atoms with E-state index in [-0.39, 0.29) is 34.3 Å². The number of hydrogen-bond acceptors (Lipinski definition) is 12. The number of nitrogens with two attached hydrogens (primary N) is 2. The minimum Gasteiger partial charge on any atom is -0.486 e. The van der Waals surface area contributed by atoms with Gasteiger partial charge in [-0.05, 0) is 41.5 Å². The number of aliphatic hydroxyl groups is 1. The van der Waals surface area contributed by atoms with E-state index in [0.29, 0.717) is 54.3 Å². The summed E-state index contributed by atoms with van der Waals surface area (Å²) in [7, 11) is 0. The van der Waals surface area contributed by atoms with Crippen molar-refractivity contribution < 1.29 is 24.1 Å². The van der Waals surface area contributed by atoms with Crippen molar-refractivity contribution in [2.24, 2.45) is 16.9 Å². The van der Waals surface area contributed by atoms with Gasteiger partial charge in [0.15, 0.2) is 17.4 Å². The molecule has 0 saturated carbocycles. The van der Waals surface area contributed by atoms with Gasteiger partial charge in [0, 0.05) is 37.2 Å². The number of ether oxygens (including phenoxy) is 3. The molecule has 1 amide bonds. The predicted molar refractivity (Wildman–Crippen MR) is 148 cm³/mol. The summed E-state index contributed by atoms with van der Waals surface area (Å²) in [5, 5.41) is 10.8. The molecule has 204 valence electrons. The summed E-state index contributed by atoms with van der Waals surface area (Å²) in [6, 6.07) is 1.97. The number of fused-ring (bicyclic) bond motifs is 3. The summed E-state index contributed by atoms with van der Waals surface area (Å²) >= 11 is 3.69. The zero-order chi connectivity index (χ0) is 26.4. The van der Waals surface area contributed by atoms with Gasteiger partial charge in [0.25, 0.3) is 0 Å². The predicted octanol–water partition coefficient (Wildman–Crippen LogP) is 1.66. The Morgan fingerprint density at radius 3 is 2.84 bits per heavy atom. The number of carbonyl (C=O) groups excluding carboxylic acids is 1. The number of anilines is 2. The summed E-state index contributed by atoms with van der Waals surface area (Å²) in [6.45, 7) is 3.04. The Kier molecular flexibility index (Phi) is 7.17. The third kappa shape index (κ3) is 4.74. The van der Waals surface area contributed by atoms with Crippen molar-refractivity contribution in [1.29, 1.82) is 0 Å². The first-order chi connectivity index (χ1) is 18.4. The minimum absolute atomic E-state index is 0.00569. The van der Waals surface area contributed by atoms with Crippen molar-refractivity contribution in [3.8, 4) is 5.75 Å². The molecule has 0 aliphatic carbocycles. The molecule has 4 aliphatic rings. The summed E-state index contributed by atoms with van der Waals surface area (Å²) in [4.78, 5) is 30.3. The molecule has 0 radical (unpaired) electrons. The van der Waals surface area contributed by atoms with E-state index in [0.717, 1.165) is 30.8 Å². The maximum absolute atomic E-state index is 11.2. The van der Waals surface area contributed by atoms with Crippen molar-refractivity contribution >= 4 is 52.1 Å². The van der Waals surface area contributed by atoms with Crippen molar-refractivity contribution in [2.75, 3.05) is 42.6 Å². The molecule has 14 heteroatoms. The molecule has 3 fully saturated rings. The fourth-order valence-corrected chi connectivity index (χ4v) is 7.66. The van der Waals surface area contributed by atoms with E-state index >= 15 is 0 Å².